The number of rotatable bonds is 7. The number of carboxylic acid groups (broad SMARTS) is 1. The Hall–Kier alpha value is -2.15. The van der Waals surface area contributed by atoms with Crippen molar-refractivity contribution in [3.63, 3.8) is 0 Å². The van der Waals surface area contributed by atoms with Gasteiger partial charge in [-0.1, -0.05) is 6.07 Å². The van der Waals surface area contributed by atoms with Gasteiger partial charge in [0.15, 0.2) is 0 Å². The molecule has 7 heteroatoms. The fourth-order valence-corrected chi connectivity index (χ4v) is 1.32. The zero-order valence-corrected chi connectivity index (χ0v) is 10.7. The summed E-state index contributed by atoms with van der Waals surface area (Å²) >= 11 is 0. The predicted octanol–water partition coefficient (Wildman–Crippen LogP) is 0.615. The number of urea groups is 1. The van der Waals surface area contributed by atoms with E-state index in [9.17, 15) is 9.59 Å². The van der Waals surface area contributed by atoms with E-state index >= 15 is 0 Å². The minimum atomic E-state index is -1.07. The first-order valence-electron chi connectivity index (χ1n) is 5.82. The van der Waals surface area contributed by atoms with Gasteiger partial charge in [-0.2, -0.15) is 0 Å². The molecule has 0 fully saturated rings. The second-order valence-corrected chi connectivity index (χ2v) is 3.81. The van der Waals surface area contributed by atoms with Crippen LogP contribution >= 0.6 is 0 Å². The Bertz CT molecular complexity index is 419. The van der Waals surface area contributed by atoms with Gasteiger partial charge < -0.3 is 20.5 Å². The largest absolute Gasteiger partial charge is 0.477 e. The van der Waals surface area contributed by atoms with Crippen LogP contribution < -0.4 is 10.6 Å². The molecule has 1 rings (SSSR count). The zero-order chi connectivity index (χ0) is 14.1. The number of nitrogens with one attached hydrogen (secondary N) is 2. The van der Waals surface area contributed by atoms with Crippen molar-refractivity contribution in [2.45, 2.75) is 13.0 Å². The number of hydrogen-bond donors (Lipinski definition) is 3. The number of carboxylic acids is 1. The number of carbonyl (C=O) groups is 2. The summed E-state index contributed by atoms with van der Waals surface area (Å²) in [6.45, 7) is 1.43. The maximum Gasteiger partial charge on any atom is 0.354 e. The van der Waals surface area contributed by atoms with Gasteiger partial charge in [0, 0.05) is 33.0 Å². The molecular weight excluding hydrogens is 250 g/mol. The highest BCUT2D eigenvalue weighted by Crippen LogP contribution is 1.99. The Kier molecular flexibility index (Phi) is 6.31. The molecule has 3 N–H and O–H groups in total. The van der Waals surface area contributed by atoms with E-state index in [1.165, 1.54) is 12.3 Å². The Morgan fingerprint density at radius 2 is 2.16 bits per heavy atom. The topological polar surface area (TPSA) is 101 Å². The summed E-state index contributed by atoms with van der Waals surface area (Å²) in [6, 6.07) is 2.73. The van der Waals surface area contributed by atoms with Crippen LogP contribution in [0.3, 0.4) is 0 Å². The number of hydrogen-bond acceptors (Lipinski definition) is 4. The van der Waals surface area contributed by atoms with Crippen molar-refractivity contribution < 1.29 is 19.4 Å². The molecule has 0 saturated carbocycles. The van der Waals surface area contributed by atoms with Crippen molar-refractivity contribution in [2.75, 3.05) is 20.3 Å². The first kappa shape index (κ1) is 14.9. The molecule has 19 heavy (non-hydrogen) atoms. The van der Waals surface area contributed by atoms with Crippen LogP contribution in [0.15, 0.2) is 18.3 Å². The fourth-order valence-electron chi connectivity index (χ4n) is 1.32. The van der Waals surface area contributed by atoms with E-state index in [0.29, 0.717) is 19.7 Å². The standard InChI is InChI=1S/C12H17N3O4/c1-19-6-2-5-13-12(18)15-8-9-3-4-10(11(16)17)14-7-9/h3-4,7H,2,5-6,8H2,1H3,(H,16,17)(H2,13,15,18). The second kappa shape index (κ2) is 8.04. The highest BCUT2D eigenvalue weighted by molar-refractivity contribution is 5.85. The molecule has 0 aliphatic heterocycles. The van der Waals surface area contributed by atoms with Crippen molar-refractivity contribution >= 4 is 12.0 Å². The molecule has 1 aromatic rings. The van der Waals surface area contributed by atoms with Gasteiger partial charge in [-0.3, -0.25) is 0 Å². The summed E-state index contributed by atoms with van der Waals surface area (Å²) in [5.74, 6) is -1.07. The van der Waals surface area contributed by atoms with Gasteiger partial charge in [0.25, 0.3) is 0 Å². The summed E-state index contributed by atoms with van der Waals surface area (Å²) < 4.78 is 4.86. The number of aromatic nitrogens is 1. The molecule has 1 aromatic heterocycles. The van der Waals surface area contributed by atoms with Gasteiger partial charge in [-0.05, 0) is 18.1 Å². The lowest BCUT2D eigenvalue weighted by Crippen LogP contribution is -2.35. The molecule has 0 aliphatic rings. The molecule has 7 nitrogen and oxygen atoms in total. The highest BCUT2D eigenvalue weighted by atomic mass is 16.5. The lowest BCUT2D eigenvalue weighted by Gasteiger charge is -2.07. The fraction of sp³-hybridized carbons (Fsp3) is 0.417. The minimum absolute atomic E-state index is 0.0206. The summed E-state index contributed by atoms with van der Waals surface area (Å²) in [5, 5.41) is 14.0. The highest BCUT2D eigenvalue weighted by Gasteiger charge is 2.04. The smallest absolute Gasteiger partial charge is 0.354 e. The maximum atomic E-state index is 11.4. The van der Waals surface area contributed by atoms with E-state index in [-0.39, 0.29) is 11.7 Å². The summed E-state index contributed by atoms with van der Waals surface area (Å²) in [5.41, 5.74) is 0.713. The number of aromatic carboxylic acids is 1. The van der Waals surface area contributed by atoms with E-state index < -0.39 is 5.97 Å². The van der Waals surface area contributed by atoms with Gasteiger partial charge in [0.2, 0.25) is 0 Å². The van der Waals surface area contributed by atoms with E-state index in [4.69, 9.17) is 9.84 Å². The van der Waals surface area contributed by atoms with Crippen molar-refractivity contribution in [1.29, 1.82) is 0 Å². The number of ether oxygens (including phenoxy) is 1. The van der Waals surface area contributed by atoms with Crippen molar-refractivity contribution in [3.8, 4) is 0 Å². The number of carbonyl (C=O) groups excluding carboxylic acids is 1. The molecule has 0 radical (unpaired) electrons. The molecule has 104 valence electrons. The average Bonchev–Trinajstić information content (AvgIpc) is 2.42. The number of amides is 2. The number of pyridine rings is 1. The molecule has 0 unspecified atom stereocenters. The predicted molar refractivity (Wildman–Crippen MR) is 67.9 cm³/mol. The van der Waals surface area contributed by atoms with E-state index in [1.54, 1.807) is 13.2 Å². The lowest BCUT2D eigenvalue weighted by atomic mass is 10.2. The van der Waals surface area contributed by atoms with E-state index in [2.05, 4.69) is 15.6 Å². The molecule has 0 saturated heterocycles. The Balaban J connectivity index is 2.28. The summed E-state index contributed by atoms with van der Waals surface area (Å²) in [4.78, 5) is 25.7. The van der Waals surface area contributed by atoms with E-state index in [0.717, 1.165) is 12.0 Å². The molecule has 0 aromatic carbocycles. The van der Waals surface area contributed by atoms with Crippen molar-refractivity contribution in [2.24, 2.45) is 0 Å². The van der Waals surface area contributed by atoms with Gasteiger partial charge in [-0.25, -0.2) is 14.6 Å². The first-order valence-corrected chi connectivity index (χ1v) is 5.82. The molecular formula is C12H17N3O4. The maximum absolute atomic E-state index is 11.4. The van der Waals surface area contributed by atoms with Crippen LogP contribution in [-0.4, -0.2) is 42.4 Å². The van der Waals surface area contributed by atoms with Crippen LogP contribution in [0.5, 0.6) is 0 Å². The normalized spacial score (nSPS) is 9.95. The molecule has 2 amide bonds. The Morgan fingerprint density at radius 3 is 2.74 bits per heavy atom. The van der Waals surface area contributed by atoms with Crippen LogP contribution in [0, 0.1) is 0 Å². The van der Waals surface area contributed by atoms with Crippen LogP contribution in [0.25, 0.3) is 0 Å². The third-order valence-corrected chi connectivity index (χ3v) is 2.31. The molecule has 0 spiro atoms. The zero-order valence-electron chi connectivity index (χ0n) is 10.7. The lowest BCUT2D eigenvalue weighted by molar-refractivity contribution is 0.0690. The van der Waals surface area contributed by atoms with Gasteiger partial charge in [0.1, 0.15) is 5.69 Å². The van der Waals surface area contributed by atoms with E-state index in [1.807, 2.05) is 0 Å². The van der Waals surface area contributed by atoms with Crippen LogP contribution in [0.2, 0.25) is 0 Å². The molecule has 0 bridgehead atoms. The summed E-state index contributed by atoms with van der Waals surface area (Å²) in [7, 11) is 1.61. The van der Waals surface area contributed by atoms with Gasteiger partial charge in [0.05, 0.1) is 0 Å². The van der Waals surface area contributed by atoms with Crippen molar-refractivity contribution in [3.05, 3.63) is 29.6 Å². The van der Waals surface area contributed by atoms with Crippen LogP contribution in [-0.2, 0) is 11.3 Å². The monoisotopic (exact) mass is 267 g/mol. The minimum Gasteiger partial charge on any atom is -0.477 e. The SMILES string of the molecule is COCCCNC(=O)NCc1ccc(C(=O)O)nc1. The number of nitrogens with zero attached hydrogens (tertiary/aromatic N) is 1. The third kappa shape index (κ3) is 5.82. The summed E-state index contributed by atoms with van der Waals surface area (Å²) in [6.07, 6.45) is 2.17. The van der Waals surface area contributed by atoms with Crippen LogP contribution in [0.1, 0.15) is 22.5 Å². The average molecular weight is 267 g/mol. The van der Waals surface area contributed by atoms with Gasteiger partial charge in [-0.15, -0.1) is 0 Å². The molecule has 1 heterocycles. The molecule has 0 atom stereocenters. The van der Waals surface area contributed by atoms with Crippen molar-refractivity contribution in [1.82, 2.24) is 15.6 Å². The Morgan fingerprint density at radius 1 is 1.37 bits per heavy atom. The van der Waals surface area contributed by atoms with Crippen LogP contribution in [0.4, 0.5) is 4.79 Å². The molecule has 0 aliphatic carbocycles. The quantitative estimate of drug-likeness (QED) is 0.629. The number of methoxy groups -OCH3 is 1. The second-order valence-electron chi connectivity index (χ2n) is 3.81. The third-order valence-electron chi connectivity index (χ3n) is 2.31. The Labute approximate surface area is 111 Å². The first-order chi connectivity index (χ1) is 9.13. The van der Waals surface area contributed by atoms with Gasteiger partial charge >= 0.3 is 12.0 Å².